The van der Waals surface area contributed by atoms with Gasteiger partial charge in [0.2, 0.25) is 0 Å². The van der Waals surface area contributed by atoms with Crippen molar-refractivity contribution in [3.63, 3.8) is 0 Å². The molecule has 71 heavy (non-hydrogen) atoms. The number of benzene rings is 11. The van der Waals surface area contributed by atoms with Crippen molar-refractivity contribution in [3.8, 4) is 50.2 Å². The van der Waals surface area contributed by atoms with E-state index in [0.717, 1.165) is 90.9 Å². The zero-order valence-electron chi connectivity index (χ0n) is 39.0. The second kappa shape index (κ2) is 16.8. The zero-order valence-corrected chi connectivity index (χ0v) is 39.0. The molecule has 0 atom stereocenters. The fourth-order valence-corrected chi connectivity index (χ4v) is 11.4. The van der Waals surface area contributed by atoms with Gasteiger partial charge in [-0.1, -0.05) is 200 Å². The lowest BCUT2D eigenvalue weighted by Crippen LogP contribution is -2.12. The molecule has 1 aliphatic rings. The Labute approximate surface area is 412 Å². The van der Waals surface area contributed by atoms with Crippen LogP contribution in [0.5, 0.6) is 0 Å². The van der Waals surface area contributed by atoms with Crippen LogP contribution < -0.4 is 4.90 Å². The van der Waals surface area contributed by atoms with E-state index in [4.69, 9.17) is 4.42 Å². The number of hydrogen-bond donors (Lipinski definition) is 0. The van der Waals surface area contributed by atoms with Crippen molar-refractivity contribution in [2.45, 2.75) is 12.8 Å². The summed E-state index contributed by atoms with van der Waals surface area (Å²) in [7, 11) is 0. The minimum absolute atomic E-state index is 0.900. The second-order valence-electron chi connectivity index (χ2n) is 18.7. The first-order valence-corrected chi connectivity index (χ1v) is 24.6. The van der Waals surface area contributed by atoms with Crippen LogP contribution >= 0.6 is 0 Å². The molecule has 13 aromatic rings. The third-order valence-corrected chi connectivity index (χ3v) is 14.7. The molecule has 0 amide bonds. The van der Waals surface area contributed by atoms with E-state index in [1.165, 1.54) is 54.8 Å². The number of anilines is 3. The van der Waals surface area contributed by atoms with Gasteiger partial charge in [-0.3, -0.25) is 0 Å². The van der Waals surface area contributed by atoms with Crippen LogP contribution in [0, 0.1) is 0 Å². The Hall–Kier alpha value is -9.18. The van der Waals surface area contributed by atoms with Crippen LogP contribution in [0.25, 0.3) is 111 Å². The molecule has 0 bridgehead atoms. The molecule has 0 N–H and O–H groups in total. The van der Waals surface area contributed by atoms with Crippen molar-refractivity contribution in [2.24, 2.45) is 0 Å². The first-order chi connectivity index (χ1) is 35.2. The number of rotatable bonds is 8. The van der Waals surface area contributed by atoms with Gasteiger partial charge >= 0.3 is 0 Å². The molecule has 3 nitrogen and oxygen atoms in total. The van der Waals surface area contributed by atoms with E-state index in [1.807, 2.05) is 6.07 Å². The Morgan fingerprint density at radius 2 is 0.944 bits per heavy atom. The minimum Gasteiger partial charge on any atom is -0.455 e. The molecule has 2 heterocycles. The summed E-state index contributed by atoms with van der Waals surface area (Å²) in [5.74, 6) is 0. The average Bonchev–Trinajstić information content (AvgIpc) is 4.00. The van der Waals surface area contributed by atoms with E-state index in [-0.39, 0.29) is 0 Å². The smallest absolute Gasteiger partial charge is 0.143 e. The van der Waals surface area contributed by atoms with E-state index in [0.29, 0.717) is 0 Å². The average molecular weight is 907 g/mol. The molecule has 0 saturated heterocycles. The van der Waals surface area contributed by atoms with Gasteiger partial charge in [0.25, 0.3) is 0 Å². The van der Waals surface area contributed by atoms with Gasteiger partial charge in [0.15, 0.2) is 0 Å². The van der Waals surface area contributed by atoms with Crippen LogP contribution in [-0.2, 0) is 6.42 Å². The van der Waals surface area contributed by atoms with E-state index in [2.05, 4.69) is 258 Å². The van der Waals surface area contributed by atoms with E-state index >= 15 is 0 Å². The Morgan fingerprint density at radius 1 is 0.394 bits per heavy atom. The summed E-state index contributed by atoms with van der Waals surface area (Å²) in [6.07, 6.45) is 6.71. The Kier molecular flexibility index (Phi) is 9.67. The second-order valence-corrected chi connectivity index (χ2v) is 18.7. The molecule has 334 valence electrons. The third-order valence-electron chi connectivity index (χ3n) is 14.7. The van der Waals surface area contributed by atoms with Gasteiger partial charge in [0.1, 0.15) is 11.2 Å². The van der Waals surface area contributed by atoms with Crippen LogP contribution in [0.2, 0.25) is 0 Å². The van der Waals surface area contributed by atoms with Crippen LogP contribution in [0.15, 0.2) is 253 Å². The summed E-state index contributed by atoms with van der Waals surface area (Å²) in [4.78, 5) is 2.45. The molecule has 0 saturated carbocycles. The van der Waals surface area contributed by atoms with Crippen LogP contribution in [0.1, 0.15) is 17.5 Å². The highest BCUT2D eigenvalue weighted by Crippen LogP contribution is 2.47. The van der Waals surface area contributed by atoms with Gasteiger partial charge in [-0.15, -0.1) is 0 Å². The topological polar surface area (TPSA) is 21.3 Å². The first kappa shape index (κ1) is 40.8. The van der Waals surface area contributed by atoms with E-state index in [1.54, 1.807) is 0 Å². The fraction of sp³-hybridized carbons (Fsp3) is 0.0294. The van der Waals surface area contributed by atoms with Crippen molar-refractivity contribution >= 4 is 77.7 Å². The highest BCUT2D eigenvalue weighted by Gasteiger charge is 2.23. The van der Waals surface area contributed by atoms with Crippen LogP contribution in [0.3, 0.4) is 0 Å². The number of aromatic nitrogens is 1. The monoisotopic (exact) mass is 906 g/mol. The Bertz CT molecular complexity index is 4170. The van der Waals surface area contributed by atoms with Crippen molar-refractivity contribution in [2.75, 3.05) is 4.90 Å². The van der Waals surface area contributed by atoms with Gasteiger partial charge < -0.3 is 13.9 Å². The normalized spacial score (nSPS) is 12.3. The predicted octanol–water partition coefficient (Wildman–Crippen LogP) is 18.9. The standard InChI is InChI=1S/C68H46N2O/c1-2-17-52-45(16-1)36-37-49-44-50(40-43-53(49)52)56-20-5-10-27-63(56)69(51-41-38-48(39-42-51)57-24-15-25-61-60-23-8-14-31-67(60)71-68(57)61)62-26-9-3-18-54(62)46-32-34-47(35-33-46)55-19-4-11-28-64(55)70-65-29-12-6-21-58(65)59-22-7-13-30-66(59)70/h1,3-16,18-44H,2,17H2. The van der Waals surface area contributed by atoms with Crippen LogP contribution in [0.4, 0.5) is 17.1 Å². The summed E-state index contributed by atoms with van der Waals surface area (Å²) in [6.45, 7) is 0. The van der Waals surface area contributed by atoms with Gasteiger partial charge in [-0.25, -0.2) is 0 Å². The lowest BCUT2D eigenvalue weighted by molar-refractivity contribution is 0.670. The summed E-state index contributed by atoms with van der Waals surface area (Å²) in [5.41, 5.74) is 20.5. The van der Waals surface area contributed by atoms with Crippen molar-refractivity contribution < 1.29 is 4.42 Å². The summed E-state index contributed by atoms with van der Waals surface area (Å²) in [5, 5.41) is 7.37. The molecule has 3 heteroatoms. The molecule has 0 fully saturated rings. The van der Waals surface area contributed by atoms with Crippen molar-refractivity contribution in [1.82, 2.24) is 4.57 Å². The number of allylic oxidation sites excluding steroid dienone is 1. The molecule has 0 unspecified atom stereocenters. The molecule has 11 aromatic carbocycles. The lowest BCUT2D eigenvalue weighted by Gasteiger charge is -2.30. The molecule has 14 rings (SSSR count). The van der Waals surface area contributed by atoms with Crippen LogP contribution in [-0.4, -0.2) is 4.57 Å². The maximum Gasteiger partial charge on any atom is 0.143 e. The Morgan fingerprint density at radius 3 is 1.69 bits per heavy atom. The lowest BCUT2D eigenvalue weighted by atomic mass is 9.90. The van der Waals surface area contributed by atoms with E-state index < -0.39 is 0 Å². The predicted molar refractivity (Wildman–Crippen MR) is 299 cm³/mol. The highest BCUT2D eigenvalue weighted by atomic mass is 16.3. The summed E-state index contributed by atoms with van der Waals surface area (Å²) >= 11 is 0. The third kappa shape index (κ3) is 6.81. The number of nitrogens with zero attached hydrogens (tertiary/aromatic N) is 2. The number of aryl methyl sites for hydroxylation is 1. The first-order valence-electron chi connectivity index (χ1n) is 24.6. The number of fused-ring (bicyclic) bond motifs is 9. The molecule has 0 spiro atoms. The van der Waals surface area contributed by atoms with Crippen molar-refractivity contribution in [3.05, 3.63) is 260 Å². The number of para-hydroxylation sites is 7. The summed E-state index contributed by atoms with van der Waals surface area (Å²) < 4.78 is 8.94. The molecule has 0 aliphatic heterocycles. The highest BCUT2D eigenvalue weighted by molar-refractivity contribution is 6.11. The molecule has 2 aromatic heterocycles. The molecule has 0 radical (unpaired) electrons. The van der Waals surface area contributed by atoms with Gasteiger partial charge in [0, 0.05) is 49.5 Å². The maximum atomic E-state index is 6.53. The minimum atomic E-state index is 0.900. The van der Waals surface area contributed by atoms with Gasteiger partial charge in [-0.05, 0) is 112 Å². The summed E-state index contributed by atoms with van der Waals surface area (Å²) in [6, 6.07) is 88.5. The van der Waals surface area contributed by atoms with Gasteiger partial charge in [-0.2, -0.15) is 0 Å². The molecular weight excluding hydrogens is 861 g/mol. The number of furan rings is 1. The Balaban J connectivity index is 0.904. The van der Waals surface area contributed by atoms with Crippen molar-refractivity contribution in [1.29, 1.82) is 0 Å². The quantitative estimate of drug-likeness (QED) is 0.151. The van der Waals surface area contributed by atoms with Gasteiger partial charge in [0.05, 0.1) is 28.1 Å². The zero-order chi connectivity index (χ0) is 46.8. The molecular formula is C68H46N2O. The SMILES string of the molecule is C1=Cc2ccc3cc(-c4ccccc4N(c4ccc(-c5cccc6c5oc5ccccc56)cc4)c4ccccc4-c4ccc(-c5ccccc5-n5c6ccccc6c6ccccc65)cc4)ccc3c2CC1. The maximum absolute atomic E-state index is 6.53. The molecule has 1 aliphatic carbocycles. The largest absolute Gasteiger partial charge is 0.455 e. The fourth-order valence-electron chi connectivity index (χ4n) is 11.4. The number of hydrogen-bond acceptors (Lipinski definition) is 2. The van der Waals surface area contributed by atoms with E-state index in [9.17, 15) is 0 Å².